The van der Waals surface area contributed by atoms with Gasteiger partial charge in [-0.2, -0.15) is 0 Å². The van der Waals surface area contributed by atoms with Crippen molar-refractivity contribution in [1.82, 2.24) is 0 Å². The minimum atomic E-state index is -0.773. The largest absolute Gasteiger partial charge is 0.462 e. The molecule has 0 heterocycles. The Balaban J connectivity index is 4.37. The van der Waals surface area contributed by atoms with Crippen LogP contribution >= 0.6 is 0 Å². The highest BCUT2D eigenvalue weighted by atomic mass is 16.6. The Bertz CT molecular complexity index is 1030. The van der Waals surface area contributed by atoms with Gasteiger partial charge in [0.15, 0.2) is 6.10 Å². The predicted molar refractivity (Wildman–Crippen MR) is 261 cm³/mol. The molecule has 6 nitrogen and oxygen atoms in total. The summed E-state index contributed by atoms with van der Waals surface area (Å²) in [6, 6.07) is 0. The van der Waals surface area contributed by atoms with Gasteiger partial charge in [0.05, 0.1) is 0 Å². The summed E-state index contributed by atoms with van der Waals surface area (Å²) in [5, 5.41) is 0. The fraction of sp³-hybridized carbons (Fsp3) is 0.836. The second-order valence-corrected chi connectivity index (χ2v) is 17.8. The zero-order chi connectivity index (χ0) is 44.4. The van der Waals surface area contributed by atoms with E-state index in [1.807, 2.05) is 0 Å². The smallest absolute Gasteiger partial charge is 0.306 e. The van der Waals surface area contributed by atoms with Crippen molar-refractivity contribution >= 4 is 17.9 Å². The number of allylic oxidation sites excluding steroid dienone is 6. The first-order valence-electron chi connectivity index (χ1n) is 26.5. The monoisotopic (exact) mass is 857 g/mol. The molecule has 1 unspecified atom stereocenters. The van der Waals surface area contributed by atoms with E-state index in [1.165, 1.54) is 141 Å². The summed E-state index contributed by atoms with van der Waals surface area (Å²) in [5.41, 5.74) is 0. The zero-order valence-electron chi connectivity index (χ0n) is 40.7. The third-order valence-corrected chi connectivity index (χ3v) is 11.7. The molecule has 0 amide bonds. The number of hydrogen-bond acceptors (Lipinski definition) is 6. The number of rotatable bonds is 48. The third-order valence-electron chi connectivity index (χ3n) is 11.7. The topological polar surface area (TPSA) is 78.9 Å². The lowest BCUT2D eigenvalue weighted by atomic mass is 10.0. The van der Waals surface area contributed by atoms with Gasteiger partial charge in [0, 0.05) is 19.3 Å². The van der Waals surface area contributed by atoms with Crippen molar-refractivity contribution < 1.29 is 28.6 Å². The molecule has 6 heteroatoms. The highest BCUT2D eigenvalue weighted by molar-refractivity contribution is 5.71. The van der Waals surface area contributed by atoms with Gasteiger partial charge in [0.1, 0.15) is 13.2 Å². The summed E-state index contributed by atoms with van der Waals surface area (Å²) in [6.45, 7) is 6.54. The Morgan fingerprint density at radius 1 is 0.344 bits per heavy atom. The van der Waals surface area contributed by atoms with Gasteiger partial charge in [0.25, 0.3) is 0 Å². The first kappa shape index (κ1) is 58.6. The van der Waals surface area contributed by atoms with E-state index in [4.69, 9.17) is 14.2 Å². The van der Waals surface area contributed by atoms with Crippen molar-refractivity contribution in [3.05, 3.63) is 36.5 Å². The van der Waals surface area contributed by atoms with Gasteiger partial charge in [0.2, 0.25) is 0 Å². The fourth-order valence-corrected chi connectivity index (χ4v) is 7.69. The van der Waals surface area contributed by atoms with Crippen LogP contribution in [-0.4, -0.2) is 37.2 Å². The van der Waals surface area contributed by atoms with Crippen LogP contribution in [0.2, 0.25) is 0 Å². The third kappa shape index (κ3) is 48.5. The summed E-state index contributed by atoms with van der Waals surface area (Å²) in [6.07, 6.45) is 58.4. The number of ether oxygens (including phenoxy) is 3. The Morgan fingerprint density at radius 2 is 0.639 bits per heavy atom. The summed E-state index contributed by atoms with van der Waals surface area (Å²) in [4.78, 5) is 38.0. The Morgan fingerprint density at radius 3 is 1.00 bits per heavy atom. The molecule has 0 spiro atoms. The van der Waals surface area contributed by atoms with Crippen LogP contribution < -0.4 is 0 Å². The van der Waals surface area contributed by atoms with E-state index in [1.54, 1.807) is 0 Å². The molecule has 0 aliphatic heterocycles. The molecule has 0 rings (SSSR count). The second kappa shape index (κ2) is 50.3. The number of esters is 3. The molecule has 0 saturated heterocycles. The van der Waals surface area contributed by atoms with E-state index in [0.29, 0.717) is 19.3 Å². The highest BCUT2D eigenvalue weighted by Crippen LogP contribution is 2.16. The van der Waals surface area contributed by atoms with Gasteiger partial charge in [-0.3, -0.25) is 14.4 Å². The van der Waals surface area contributed by atoms with Crippen LogP contribution in [0, 0.1) is 0 Å². The number of hydrogen-bond donors (Lipinski definition) is 0. The minimum Gasteiger partial charge on any atom is -0.462 e. The van der Waals surface area contributed by atoms with Crippen LogP contribution in [0.1, 0.15) is 278 Å². The molecular formula is C55H100O6. The SMILES string of the molecule is CC/C=C\C/C=C\C/C=C\CCCCCCCC(=O)OCC(COC(=O)CCCCCCCCCCCCCCCC)OC(=O)CCCCCCCCCCCCCCCC. The number of carbonyl (C=O) groups is 3. The Labute approximate surface area is 378 Å². The zero-order valence-corrected chi connectivity index (χ0v) is 40.7. The Hall–Kier alpha value is -2.37. The molecule has 0 bridgehead atoms. The van der Waals surface area contributed by atoms with Crippen molar-refractivity contribution in [2.24, 2.45) is 0 Å². The lowest BCUT2D eigenvalue weighted by Crippen LogP contribution is -2.30. The van der Waals surface area contributed by atoms with E-state index >= 15 is 0 Å². The maximum Gasteiger partial charge on any atom is 0.306 e. The highest BCUT2D eigenvalue weighted by Gasteiger charge is 2.19. The normalized spacial score (nSPS) is 12.2. The van der Waals surface area contributed by atoms with Gasteiger partial charge in [-0.1, -0.05) is 243 Å². The van der Waals surface area contributed by atoms with E-state index in [-0.39, 0.29) is 31.1 Å². The average molecular weight is 857 g/mol. The van der Waals surface area contributed by atoms with Crippen LogP contribution in [0.3, 0.4) is 0 Å². The van der Waals surface area contributed by atoms with Crippen molar-refractivity contribution in [3.63, 3.8) is 0 Å². The average Bonchev–Trinajstić information content (AvgIpc) is 3.26. The molecule has 0 saturated carbocycles. The molecule has 0 radical (unpaired) electrons. The van der Waals surface area contributed by atoms with Gasteiger partial charge < -0.3 is 14.2 Å². The quantitative estimate of drug-likeness (QED) is 0.0262. The van der Waals surface area contributed by atoms with Crippen molar-refractivity contribution in [3.8, 4) is 0 Å². The van der Waals surface area contributed by atoms with Crippen molar-refractivity contribution in [1.29, 1.82) is 0 Å². The maximum atomic E-state index is 12.8. The maximum absolute atomic E-state index is 12.8. The molecule has 1 atom stereocenters. The van der Waals surface area contributed by atoms with Gasteiger partial charge in [-0.15, -0.1) is 0 Å². The van der Waals surface area contributed by atoms with E-state index < -0.39 is 6.10 Å². The lowest BCUT2D eigenvalue weighted by molar-refractivity contribution is -0.167. The molecule has 356 valence electrons. The molecule has 0 aliphatic carbocycles. The molecule has 0 aliphatic rings. The molecule has 0 aromatic rings. The van der Waals surface area contributed by atoms with E-state index in [0.717, 1.165) is 96.3 Å². The molecule has 61 heavy (non-hydrogen) atoms. The predicted octanol–water partition coefficient (Wildman–Crippen LogP) is 17.3. The van der Waals surface area contributed by atoms with Crippen LogP contribution in [0.25, 0.3) is 0 Å². The first-order chi connectivity index (χ1) is 30.0. The fourth-order valence-electron chi connectivity index (χ4n) is 7.69. The summed E-state index contributed by atoms with van der Waals surface area (Å²) in [5.74, 6) is -0.877. The van der Waals surface area contributed by atoms with Crippen molar-refractivity contribution in [2.45, 2.75) is 284 Å². The van der Waals surface area contributed by atoms with E-state index in [9.17, 15) is 14.4 Å². The standard InChI is InChI=1S/C55H100O6/c1-4-7-10-13-16-19-22-25-28-31-33-36-39-42-45-48-54(57)60-51-52(61-55(58)49-46-43-40-37-34-30-27-24-21-18-15-12-9-6-3)50-59-53(56)47-44-41-38-35-32-29-26-23-20-17-14-11-8-5-2/h7,10,16,19,25,28,52H,4-6,8-9,11-15,17-18,20-24,26-27,29-51H2,1-3H3/b10-7-,19-16-,28-25-. The summed E-state index contributed by atoms with van der Waals surface area (Å²) >= 11 is 0. The lowest BCUT2D eigenvalue weighted by Gasteiger charge is -2.18. The van der Waals surface area contributed by atoms with Crippen LogP contribution in [0.4, 0.5) is 0 Å². The Kier molecular flexibility index (Phi) is 48.3. The van der Waals surface area contributed by atoms with Crippen molar-refractivity contribution in [2.75, 3.05) is 13.2 Å². The van der Waals surface area contributed by atoms with E-state index in [2.05, 4.69) is 57.2 Å². The first-order valence-corrected chi connectivity index (χ1v) is 26.5. The van der Waals surface area contributed by atoms with Gasteiger partial charge >= 0.3 is 17.9 Å². The van der Waals surface area contributed by atoms with Crippen LogP contribution in [0.5, 0.6) is 0 Å². The summed E-state index contributed by atoms with van der Waals surface area (Å²) in [7, 11) is 0. The molecule has 0 aromatic heterocycles. The van der Waals surface area contributed by atoms with Crippen LogP contribution in [0.15, 0.2) is 36.5 Å². The molecule has 0 fully saturated rings. The minimum absolute atomic E-state index is 0.0732. The summed E-state index contributed by atoms with van der Waals surface area (Å²) < 4.78 is 16.8. The number of carbonyl (C=O) groups excluding carboxylic acids is 3. The molecule has 0 N–H and O–H groups in total. The number of unbranched alkanes of at least 4 members (excludes halogenated alkanes) is 31. The van der Waals surface area contributed by atoms with Gasteiger partial charge in [-0.25, -0.2) is 0 Å². The second-order valence-electron chi connectivity index (χ2n) is 17.8. The van der Waals surface area contributed by atoms with Crippen LogP contribution in [-0.2, 0) is 28.6 Å². The van der Waals surface area contributed by atoms with Gasteiger partial charge in [-0.05, 0) is 51.4 Å². The molecule has 0 aromatic carbocycles. The molecular weight excluding hydrogens is 757 g/mol.